The molecule has 2 nitrogen and oxygen atoms in total. The van der Waals surface area contributed by atoms with Crippen molar-refractivity contribution in [1.82, 2.24) is 9.71 Å². The minimum Gasteiger partial charge on any atom is -0.254 e. The van der Waals surface area contributed by atoms with Crippen LogP contribution >= 0.6 is 23.3 Å². The van der Waals surface area contributed by atoms with Gasteiger partial charge in [0.15, 0.2) is 4.34 Å². The molecule has 0 amide bonds. The smallest absolute Gasteiger partial charge is 0.166 e. The van der Waals surface area contributed by atoms with Gasteiger partial charge < -0.3 is 0 Å². The topological polar surface area (TPSA) is 24.9 Å². The van der Waals surface area contributed by atoms with Gasteiger partial charge in [0.1, 0.15) is 0 Å². The molecule has 0 bridgehead atoms. The highest BCUT2D eigenvalue weighted by molar-refractivity contribution is 7.99. The van der Waals surface area contributed by atoms with Gasteiger partial charge in [-0.25, -0.2) is 4.98 Å². The molecule has 0 unspecified atom stereocenters. The van der Waals surface area contributed by atoms with Crippen LogP contribution in [0.15, 0.2) is 41.3 Å². The first kappa shape index (κ1) is 9.71. The maximum atomic E-state index is 4.47. The first-order valence-corrected chi connectivity index (χ1v) is 5.89. The number of rotatable bonds is 4. The third-order valence-electron chi connectivity index (χ3n) is 1.66. The van der Waals surface area contributed by atoms with Crippen LogP contribution in [-0.2, 0) is 0 Å². The molecule has 1 aromatic heterocycles. The Balaban J connectivity index is 2.14. The van der Waals surface area contributed by atoms with Crippen LogP contribution in [0.2, 0.25) is 0 Å². The Kier molecular flexibility index (Phi) is 3.18. The van der Waals surface area contributed by atoms with Gasteiger partial charge in [-0.2, -0.15) is 0 Å². The minimum absolute atomic E-state index is 0.792. The van der Waals surface area contributed by atoms with Crippen LogP contribution in [0.1, 0.15) is 0 Å². The zero-order chi connectivity index (χ0) is 9.80. The summed E-state index contributed by atoms with van der Waals surface area (Å²) in [5.74, 6) is 0. The third kappa shape index (κ3) is 2.15. The molecular formula is C10H10N2S2. The SMILES string of the molecule is C=CCNSc1nc2ccccc2s1. The fourth-order valence-corrected chi connectivity index (χ4v) is 2.84. The summed E-state index contributed by atoms with van der Waals surface area (Å²) in [5.41, 5.74) is 1.07. The van der Waals surface area contributed by atoms with E-state index in [-0.39, 0.29) is 0 Å². The quantitative estimate of drug-likeness (QED) is 0.489. The maximum Gasteiger partial charge on any atom is 0.166 e. The number of aromatic nitrogens is 1. The van der Waals surface area contributed by atoms with Gasteiger partial charge in [-0.3, -0.25) is 4.72 Å². The zero-order valence-corrected chi connectivity index (χ0v) is 9.20. The van der Waals surface area contributed by atoms with E-state index in [9.17, 15) is 0 Å². The van der Waals surface area contributed by atoms with E-state index in [1.165, 1.54) is 4.70 Å². The largest absolute Gasteiger partial charge is 0.254 e. The molecule has 72 valence electrons. The highest BCUT2D eigenvalue weighted by Gasteiger charge is 2.01. The number of nitrogens with one attached hydrogen (secondary N) is 1. The average molecular weight is 222 g/mol. The first-order chi connectivity index (χ1) is 6.90. The lowest BCUT2D eigenvalue weighted by molar-refractivity contribution is 1.12. The summed E-state index contributed by atoms with van der Waals surface area (Å²) >= 11 is 3.26. The molecule has 0 radical (unpaired) electrons. The van der Waals surface area contributed by atoms with Crippen LogP contribution in [0.3, 0.4) is 0 Å². The second kappa shape index (κ2) is 4.59. The molecule has 14 heavy (non-hydrogen) atoms. The lowest BCUT2D eigenvalue weighted by Crippen LogP contribution is -2.00. The van der Waals surface area contributed by atoms with Gasteiger partial charge in [-0.15, -0.1) is 17.9 Å². The van der Waals surface area contributed by atoms with Crippen LogP contribution in [0.25, 0.3) is 10.2 Å². The Hall–Kier alpha value is -0.840. The number of benzene rings is 1. The summed E-state index contributed by atoms with van der Waals surface area (Å²) in [6, 6.07) is 8.16. The van der Waals surface area contributed by atoms with Gasteiger partial charge in [0.2, 0.25) is 0 Å². The van der Waals surface area contributed by atoms with Crippen molar-refractivity contribution in [2.45, 2.75) is 4.34 Å². The number of para-hydroxylation sites is 1. The molecule has 2 aromatic rings. The van der Waals surface area contributed by atoms with Crippen molar-refractivity contribution in [3.05, 3.63) is 36.9 Å². The zero-order valence-electron chi connectivity index (χ0n) is 7.56. The van der Waals surface area contributed by atoms with Crippen LogP contribution in [0.5, 0.6) is 0 Å². The summed E-state index contributed by atoms with van der Waals surface area (Å²) in [4.78, 5) is 4.47. The number of thiazole rings is 1. The maximum absolute atomic E-state index is 4.47. The number of hydrogen-bond donors (Lipinski definition) is 1. The van der Waals surface area contributed by atoms with E-state index in [1.807, 2.05) is 24.3 Å². The molecule has 0 aliphatic carbocycles. The summed E-state index contributed by atoms with van der Waals surface area (Å²) < 4.78 is 5.44. The summed E-state index contributed by atoms with van der Waals surface area (Å²) in [7, 11) is 0. The molecule has 0 aliphatic rings. The molecular weight excluding hydrogens is 212 g/mol. The lowest BCUT2D eigenvalue weighted by Gasteiger charge is -1.93. The summed E-state index contributed by atoms with van der Waals surface area (Å²) in [5, 5.41) is 0. The third-order valence-corrected chi connectivity index (χ3v) is 3.57. The Morgan fingerprint density at radius 2 is 2.36 bits per heavy atom. The van der Waals surface area contributed by atoms with Crippen molar-refractivity contribution in [2.24, 2.45) is 0 Å². The molecule has 0 saturated heterocycles. The van der Waals surface area contributed by atoms with E-state index in [0.29, 0.717) is 0 Å². The van der Waals surface area contributed by atoms with E-state index >= 15 is 0 Å². The van der Waals surface area contributed by atoms with Gasteiger partial charge in [0, 0.05) is 6.54 Å². The van der Waals surface area contributed by atoms with Crippen LogP contribution in [-0.4, -0.2) is 11.5 Å². The van der Waals surface area contributed by atoms with Gasteiger partial charge >= 0.3 is 0 Å². The monoisotopic (exact) mass is 222 g/mol. The van der Waals surface area contributed by atoms with Crippen molar-refractivity contribution in [2.75, 3.05) is 6.54 Å². The molecule has 1 aromatic carbocycles. The van der Waals surface area contributed by atoms with E-state index in [4.69, 9.17) is 0 Å². The molecule has 1 N–H and O–H groups in total. The number of nitrogens with zero attached hydrogens (tertiary/aromatic N) is 1. The second-order valence-corrected chi connectivity index (χ2v) is 4.86. The van der Waals surface area contributed by atoms with Gasteiger partial charge in [0.05, 0.1) is 10.2 Å². The lowest BCUT2D eigenvalue weighted by atomic mass is 10.3. The highest BCUT2D eigenvalue weighted by atomic mass is 32.2. The highest BCUT2D eigenvalue weighted by Crippen LogP contribution is 2.27. The molecule has 0 saturated carbocycles. The molecule has 0 fully saturated rings. The van der Waals surface area contributed by atoms with Crippen LogP contribution in [0.4, 0.5) is 0 Å². The van der Waals surface area contributed by atoms with Gasteiger partial charge in [-0.1, -0.05) is 18.2 Å². The number of fused-ring (bicyclic) bond motifs is 1. The minimum atomic E-state index is 0.792. The Bertz CT molecular complexity index is 403. The molecule has 1 heterocycles. The summed E-state index contributed by atoms with van der Waals surface area (Å²) in [6.07, 6.45) is 1.83. The van der Waals surface area contributed by atoms with Crippen LogP contribution in [0, 0.1) is 0 Å². The van der Waals surface area contributed by atoms with Crippen molar-refractivity contribution in [3.63, 3.8) is 0 Å². The predicted octanol–water partition coefficient (Wildman–Crippen LogP) is 3.08. The van der Waals surface area contributed by atoms with Crippen molar-refractivity contribution < 1.29 is 0 Å². The van der Waals surface area contributed by atoms with E-state index in [2.05, 4.69) is 22.4 Å². The fraction of sp³-hybridized carbons (Fsp3) is 0.100. The Morgan fingerprint density at radius 1 is 1.50 bits per heavy atom. The molecule has 0 spiro atoms. The molecule has 0 aliphatic heterocycles. The van der Waals surface area contributed by atoms with Crippen molar-refractivity contribution >= 4 is 33.5 Å². The fourth-order valence-electron chi connectivity index (χ4n) is 1.06. The second-order valence-electron chi connectivity index (χ2n) is 2.69. The number of hydrogen-bond acceptors (Lipinski definition) is 4. The summed E-state index contributed by atoms with van der Waals surface area (Å²) in [6.45, 7) is 4.43. The molecule has 2 rings (SSSR count). The van der Waals surface area contributed by atoms with Gasteiger partial charge in [-0.05, 0) is 24.1 Å². The van der Waals surface area contributed by atoms with Gasteiger partial charge in [0.25, 0.3) is 0 Å². The normalized spacial score (nSPS) is 10.6. The van der Waals surface area contributed by atoms with E-state index in [1.54, 1.807) is 23.3 Å². The van der Waals surface area contributed by atoms with Crippen molar-refractivity contribution in [1.29, 1.82) is 0 Å². The van der Waals surface area contributed by atoms with Crippen LogP contribution < -0.4 is 4.72 Å². The molecule has 0 atom stereocenters. The Morgan fingerprint density at radius 3 is 3.14 bits per heavy atom. The van der Waals surface area contributed by atoms with E-state index in [0.717, 1.165) is 16.4 Å². The standard InChI is InChI=1S/C10H10N2S2/c1-2-7-11-14-10-12-8-5-3-4-6-9(8)13-10/h2-6,11H,1,7H2. The predicted molar refractivity (Wildman–Crippen MR) is 63.7 cm³/mol. The molecule has 4 heteroatoms. The average Bonchev–Trinajstić information content (AvgIpc) is 2.60. The van der Waals surface area contributed by atoms with E-state index < -0.39 is 0 Å². The van der Waals surface area contributed by atoms with Crippen molar-refractivity contribution in [3.8, 4) is 0 Å². The first-order valence-electron chi connectivity index (χ1n) is 4.26. The Labute approximate surface area is 91.2 Å².